The molecule has 0 N–H and O–H groups in total. The Morgan fingerprint density at radius 2 is 2.31 bits per heavy atom. The van der Waals surface area contributed by atoms with Crippen LogP contribution in [0.2, 0.25) is 0 Å². The van der Waals surface area contributed by atoms with E-state index in [-0.39, 0.29) is 11.3 Å². The SMILES string of the molecule is CS(=O)(=O)c1cccnc1CC#N. The second-order valence-corrected chi connectivity index (χ2v) is 4.54. The van der Waals surface area contributed by atoms with Crippen LogP contribution in [0.15, 0.2) is 23.2 Å². The Morgan fingerprint density at radius 3 is 2.85 bits per heavy atom. The number of nitriles is 1. The number of aromatic nitrogens is 1. The van der Waals surface area contributed by atoms with Gasteiger partial charge in [0.1, 0.15) is 0 Å². The molecule has 0 radical (unpaired) electrons. The van der Waals surface area contributed by atoms with Gasteiger partial charge in [0.05, 0.1) is 23.1 Å². The van der Waals surface area contributed by atoms with Crippen LogP contribution >= 0.6 is 0 Å². The lowest BCUT2D eigenvalue weighted by molar-refractivity contribution is 0.600. The van der Waals surface area contributed by atoms with E-state index in [1.54, 1.807) is 0 Å². The van der Waals surface area contributed by atoms with E-state index in [2.05, 4.69) is 4.98 Å². The standard InChI is InChI=1S/C8H8N2O2S/c1-13(11,12)8-3-2-6-10-7(8)4-5-9/h2-3,6H,4H2,1H3. The number of nitrogens with zero attached hydrogens (tertiary/aromatic N) is 2. The van der Waals surface area contributed by atoms with Crippen molar-refractivity contribution in [3.8, 4) is 6.07 Å². The molecule has 0 aliphatic heterocycles. The fourth-order valence-corrected chi connectivity index (χ4v) is 1.85. The van der Waals surface area contributed by atoms with Crippen molar-refractivity contribution in [1.82, 2.24) is 4.98 Å². The van der Waals surface area contributed by atoms with Crippen LogP contribution in [0.5, 0.6) is 0 Å². The topological polar surface area (TPSA) is 70.8 Å². The Balaban J connectivity index is 3.30. The van der Waals surface area contributed by atoms with Gasteiger partial charge in [0.2, 0.25) is 0 Å². The summed E-state index contributed by atoms with van der Waals surface area (Å²) in [6, 6.07) is 4.86. The van der Waals surface area contributed by atoms with Gasteiger partial charge in [0.25, 0.3) is 0 Å². The van der Waals surface area contributed by atoms with Gasteiger partial charge in [-0.1, -0.05) is 0 Å². The molecule has 1 aromatic heterocycles. The highest BCUT2D eigenvalue weighted by molar-refractivity contribution is 7.90. The lowest BCUT2D eigenvalue weighted by Crippen LogP contribution is -2.03. The minimum Gasteiger partial charge on any atom is -0.259 e. The summed E-state index contributed by atoms with van der Waals surface area (Å²) in [7, 11) is -3.27. The van der Waals surface area contributed by atoms with Crippen molar-refractivity contribution in [2.75, 3.05) is 6.26 Å². The van der Waals surface area contributed by atoms with E-state index in [0.29, 0.717) is 5.69 Å². The van der Waals surface area contributed by atoms with Crippen molar-refractivity contribution < 1.29 is 8.42 Å². The molecule has 0 aromatic carbocycles. The molecule has 0 amide bonds. The largest absolute Gasteiger partial charge is 0.259 e. The van der Waals surface area contributed by atoms with Gasteiger partial charge in [-0.15, -0.1) is 0 Å². The van der Waals surface area contributed by atoms with Gasteiger partial charge in [-0.25, -0.2) is 8.42 Å². The van der Waals surface area contributed by atoms with Crippen LogP contribution in [0.25, 0.3) is 0 Å². The van der Waals surface area contributed by atoms with Gasteiger partial charge in [0.15, 0.2) is 9.84 Å². The normalized spacial score (nSPS) is 10.8. The Hall–Kier alpha value is -1.41. The molecule has 0 atom stereocenters. The van der Waals surface area contributed by atoms with Crippen LogP contribution < -0.4 is 0 Å². The van der Waals surface area contributed by atoms with Gasteiger partial charge in [-0.05, 0) is 12.1 Å². The molecule has 68 valence electrons. The van der Waals surface area contributed by atoms with Gasteiger partial charge in [0, 0.05) is 12.5 Å². The number of pyridine rings is 1. The van der Waals surface area contributed by atoms with E-state index in [0.717, 1.165) is 6.26 Å². The molecule has 5 heteroatoms. The lowest BCUT2D eigenvalue weighted by Gasteiger charge is -2.01. The number of hydrogen-bond donors (Lipinski definition) is 0. The molecule has 0 aliphatic carbocycles. The molecule has 0 saturated carbocycles. The lowest BCUT2D eigenvalue weighted by atomic mass is 10.3. The maximum Gasteiger partial charge on any atom is 0.177 e. The van der Waals surface area contributed by atoms with Gasteiger partial charge >= 0.3 is 0 Å². The van der Waals surface area contributed by atoms with E-state index in [1.165, 1.54) is 18.3 Å². The molecular weight excluding hydrogens is 188 g/mol. The van der Waals surface area contributed by atoms with E-state index < -0.39 is 9.84 Å². The van der Waals surface area contributed by atoms with Crippen LogP contribution in [0.3, 0.4) is 0 Å². The monoisotopic (exact) mass is 196 g/mol. The van der Waals surface area contributed by atoms with E-state index in [4.69, 9.17) is 5.26 Å². The number of rotatable bonds is 2. The average molecular weight is 196 g/mol. The first-order chi connectivity index (χ1) is 6.05. The molecule has 0 unspecified atom stereocenters. The molecular formula is C8H8N2O2S. The van der Waals surface area contributed by atoms with Crippen LogP contribution in [0, 0.1) is 11.3 Å². The zero-order chi connectivity index (χ0) is 9.90. The third-order valence-corrected chi connectivity index (χ3v) is 2.67. The molecule has 0 fully saturated rings. The molecule has 13 heavy (non-hydrogen) atoms. The summed E-state index contributed by atoms with van der Waals surface area (Å²) in [5.74, 6) is 0. The van der Waals surface area contributed by atoms with Crippen molar-refractivity contribution in [3.63, 3.8) is 0 Å². The van der Waals surface area contributed by atoms with Crippen molar-refractivity contribution >= 4 is 9.84 Å². The first kappa shape index (κ1) is 9.68. The second kappa shape index (κ2) is 3.54. The van der Waals surface area contributed by atoms with E-state index >= 15 is 0 Å². The van der Waals surface area contributed by atoms with E-state index in [9.17, 15) is 8.42 Å². The molecule has 1 heterocycles. The maximum absolute atomic E-state index is 11.2. The minimum atomic E-state index is -3.27. The van der Waals surface area contributed by atoms with Crippen LogP contribution in [0.4, 0.5) is 0 Å². The maximum atomic E-state index is 11.2. The summed E-state index contributed by atoms with van der Waals surface area (Å²) in [6.07, 6.45) is 2.59. The summed E-state index contributed by atoms with van der Waals surface area (Å²) in [5.41, 5.74) is 0.313. The van der Waals surface area contributed by atoms with Crippen LogP contribution in [0.1, 0.15) is 5.69 Å². The van der Waals surface area contributed by atoms with Crippen molar-refractivity contribution in [1.29, 1.82) is 5.26 Å². The quantitative estimate of drug-likeness (QED) is 0.692. The van der Waals surface area contributed by atoms with Gasteiger partial charge in [-0.3, -0.25) is 4.98 Å². The Morgan fingerprint density at radius 1 is 1.62 bits per heavy atom. The molecule has 1 rings (SSSR count). The van der Waals surface area contributed by atoms with Crippen LogP contribution in [-0.2, 0) is 16.3 Å². The first-order valence-electron chi connectivity index (χ1n) is 3.56. The molecule has 0 bridgehead atoms. The summed E-state index contributed by atoms with van der Waals surface area (Å²) in [6.45, 7) is 0. The summed E-state index contributed by atoms with van der Waals surface area (Å²) >= 11 is 0. The molecule has 0 aliphatic rings. The third-order valence-electron chi connectivity index (χ3n) is 1.49. The molecule has 1 aromatic rings. The van der Waals surface area contributed by atoms with Crippen LogP contribution in [-0.4, -0.2) is 19.7 Å². The smallest absolute Gasteiger partial charge is 0.177 e. The highest BCUT2D eigenvalue weighted by Crippen LogP contribution is 2.12. The highest BCUT2D eigenvalue weighted by atomic mass is 32.2. The van der Waals surface area contributed by atoms with E-state index in [1.807, 2.05) is 6.07 Å². The Bertz CT molecular complexity index is 445. The van der Waals surface area contributed by atoms with Crippen molar-refractivity contribution in [2.45, 2.75) is 11.3 Å². The predicted octanol–water partition coefficient (Wildman–Crippen LogP) is 0.551. The van der Waals surface area contributed by atoms with Crippen molar-refractivity contribution in [3.05, 3.63) is 24.0 Å². The molecule has 0 saturated heterocycles. The summed E-state index contributed by atoms with van der Waals surface area (Å²) in [5, 5.41) is 8.43. The Kier molecular flexibility index (Phi) is 2.63. The second-order valence-electron chi connectivity index (χ2n) is 2.56. The average Bonchev–Trinajstić information content (AvgIpc) is 2.04. The fourth-order valence-electron chi connectivity index (χ4n) is 0.968. The van der Waals surface area contributed by atoms with Gasteiger partial charge in [-0.2, -0.15) is 5.26 Å². The zero-order valence-electron chi connectivity index (χ0n) is 7.06. The third kappa shape index (κ3) is 2.26. The summed E-state index contributed by atoms with van der Waals surface area (Å²) < 4.78 is 22.4. The molecule has 4 nitrogen and oxygen atoms in total. The highest BCUT2D eigenvalue weighted by Gasteiger charge is 2.12. The first-order valence-corrected chi connectivity index (χ1v) is 5.45. The molecule has 0 spiro atoms. The zero-order valence-corrected chi connectivity index (χ0v) is 7.87. The number of sulfone groups is 1. The minimum absolute atomic E-state index is 0.0171. The number of hydrogen-bond acceptors (Lipinski definition) is 4. The predicted molar refractivity (Wildman–Crippen MR) is 46.7 cm³/mol. The Labute approximate surface area is 76.8 Å². The van der Waals surface area contributed by atoms with Gasteiger partial charge < -0.3 is 0 Å². The van der Waals surface area contributed by atoms with Crippen molar-refractivity contribution in [2.24, 2.45) is 0 Å². The fraction of sp³-hybridized carbons (Fsp3) is 0.250. The summed E-state index contributed by atoms with van der Waals surface area (Å²) in [4.78, 5) is 3.97.